The maximum absolute atomic E-state index is 11.5. The zero-order chi connectivity index (χ0) is 14.6. The molecule has 21 heavy (non-hydrogen) atoms. The van der Waals surface area contributed by atoms with E-state index < -0.39 is 0 Å². The van der Waals surface area contributed by atoms with E-state index in [9.17, 15) is 4.79 Å². The summed E-state index contributed by atoms with van der Waals surface area (Å²) in [4.78, 5) is 11.5. The fraction of sp³-hybridized carbons (Fsp3) is 0.733. The van der Waals surface area contributed by atoms with Crippen LogP contribution in [0.2, 0.25) is 0 Å². The number of rotatable bonds is 11. The second-order valence-electron chi connectivity index (χ2n) is 4.55. The normalized spacial score (nSPS) is 10.2. The van der Waals surface area contributed by atoms with Gasteiger partial charge in [0.2, 0.25) is 6.33 Å². The fourth-order valence-electron chi connectivity index (χ4n) is 1.57. The third-order valence-electron chi connectivity index (χ3n) is 2.64. The van der Waals surface area contributed by atoms with Crippen LogP contribution >= 0.6 is 0 Å². The van der Waals surface area contributed by atoms with Gasteiger partial charge in [0.25, 0.3) is 0 Å². The van der Waals surface area contributed by atoms with Crippen molar-refractivity contribution in [2.45, 2.75) is 33.7 Å². The van der Waals surface area contributed by atoms with Gasteiger partial charge in [-0.3, -0.25) is 0 Å². The van der Waals surface area contributed by atoms with Crippen LogP contribution in [-0.4, -0.2) is 43.6 Å². The van der Waals surface area contributed by atoms with Crippen LogP contribution in [0.3, 0.4) is 0 Å². The molecule has 0 saturated heterocycles. The highest BCUT2D eigenvalue weighted by molar-refractivity contribution is 5.69. The van der Waals surface area contributed by atoms with Gasteiger partial charge in [-0.2, -0.15) is 0 Å². The molecule has 0 aromatic carbocycles. The summed E-state index contributed by atoms with van der Waals surface area (Å²) in [5.41, 5.74) is 0. The summed E-state index contributed by atoms with van der Waals surface area (Å²) in [6, 6.07) is 0. The number of esters is 1. The Bertz CT molecular complexity index is 380. The maximum Gasteiger partial charge on any atom is 0.348 e. The Labute approximate surface area is 127 Å². The van der Waals surface area contributed by atoms with E-state index in [0.29, 0.717) is 19.8 Å². The average molecular weight is 301 g/mol. The first-order chi connectivity index (χ1) is 9.72. The van der Waals surface area contributed by atoms with Crippen molar-refractivity contribution in [2.75, 3.05) is 33.0 Å². The van der Waals surface area contributed by atoms with Crippen molar-refractivity contribution in [3.05, 3.63) is 18.7 Å². The van der Waals surface area contributed by atoms with Gasteiger partial charge in [-0.25, -0.2) is 13.9 Å². The van der Waals surface area contributed by atoms with Crippen LogP contribution in [0, 0.1) is 0 Å². The average Bonchev–Trinajstić information content (AvgIpc) is 2.82. The number of aromatic nitrogens is 2. The fourth-order valence-corrected chi connectivity index (χ4v) is 1.57. The first-order valence-corrected chi connectivity index (χ1v) is 7.04. The minimum absolute atomic E-state index is 0. The van der Waals surface area contributed by atoms with Crippen LogP contribution < -0.4 is 4.57 Å². The lowest BCUT2D eigenvalue weighted by atomic mass is 10.4. The number of imidazole rings is 1. The van der Waals surface area contributed by atoms with E-state index in [4.69, 9.17) is 14.2 Å². The molecule has 0 atom stereocenters. The lowest BCUT2D eigenvalue weighted by Gasteiger charge is -2.06. The lowest BCUT2D eigenvalue weighted by molar-refractivity contribution is -0.671. The Balaban J connectivity index is 0.00000400. The van der Waals surface area contributed by atoms with Crippen molar-refractivity contribution < 1.29 is 23.6 Å². The Kier molecular flexibility index (Phi) is 11.5. The number of aryl methyl sites for hydroxylation is 1. The standard InChI is InChI=1S/C14H25N2O4.CH4/c1-3-4-7-18-8-9-19-10-11-20-14(17)12-16-6-5-15(2)13-16;/h5-6,13H,3-4,7-12H2,1-2H3;1H4/q+1;. The predicted octanol–water partition coefficient (Wildman–Crippen LogP) is 1.33. The Morgan fingerprint density at radius 1 is 1.14 bits per heavy atom. The first-order valence-electron chi connectivity index (χ1n) is 7.04. The highest BCUT2D eigenvalue weighted by Gasteiger charge is 2.08. The second kappa shape index (κ2) is 12.3. The summed E-state index contributed by atoms with van der Waals surface area (Å²) >= 11 is 0. The number of hydrogen-bond donors (Lipinski definition) is 0. The molecule has 0 amide bonds. The number of carbonyl (C=O) groups is 1. The molecule has 1 aromatic heterocycles. The molecule has 0 N–H and O–H groups in total. The van der Waals surface area contributed by atoms with E-state index in [-0.39, 0.29) is 26.5 Å². The van der Waals surface area contributed by atoms with Crippen LogP contribution in [0.25, 0.3) is 0 Å². The van der Waals surface area contributed by atoms with E-state index in [2.05, 4.69) is 6.92 Å². The topological polar surface area (TPSA) is 53.6 Å². The molecule has 0 radical (unpaired) electrons. The van der Waals surface area contributed by atoms with Crippen LogP contribution in [0.5, 0.6) is 0 Å². The van der Waals surface area contributed by atoms with Gasteiger partial charge in [0.15, 0.2) is 6.54 Å². The van der Waals surface area contributed by atoms with E-state index in [0.717, 1.165) is 19.4 Å². The van der Waals surface area contributed by atoms with Gasteiger partial charge in [-0.05, 0) is 6.42 Å². The minimum atomic E-state index is -0.260. The molecule has 6 nitrogen and oxygen atoms in total. The van der Waals surface area contributed by atoms with Crippen molar-refractivity contribution >= 4 is 5.97 Å². The SMILES string of the molecule is C.CCCCOCCOCCOC(=O)Cn1cc[n+](C)c1. The molecule has 1 aromatic rings. The molecular formula is C15H29N2O4+. The van der Waals surface area contributed by atoms with E-state index >= 15 is 0 Å². The molecule has 0 fully saturated rings. The second-order valence-corrected chi connectivity index (χ2v) is 4.55. The van der Waals surface area contributed by atoms with Gasteiger partial charge >= 0.3 is 5.97 Å². The summed E-state index contributed by atoms with van der Waals surface area (Å²) in [6.07, 6.45) is 7.73. The third kappa shape index (κ3) is 10.0. The lowest BCUT2D eigenvalue weighted by Crippen LogP contribution is -2.24. The van der Waals surface area contributed by atoms with Gasteiger partial charge in [-0.15, -0.1) is 0 Å². The van der Waals surface area contributed by atoms with Gasteiger partial charge in [0.1, 0.15) is 19.0 Å². The predicted molar refractivity (Wildman–Crippen MR) is 79.8 cm³/mol. The zero-order valence-electron chi connectivity index (χ0n) is 12.4. The Morgan fingerprint density at radius 3 is 2.43 bits per heavy atom. The summed E-state index contributed by atoms with van der Waals surface area (Å²) in [7, 11) is 1.90. The van der Waals surface area contributed by atoms with Gasteiger partial charge in [0, 0.05) is 6.61 Å². The molecule has 0 spiro atoms. The zero-order valence-corrected chi connectivity index (χ0v) is 12.4. The molecule has 0 aliphatic carbocycles. The van der Waals surface area contributed by atoms with Crippen LogP contribution in [0.15, 0.2) is 18.7 Å². The van der Waals surface area contributed by atoms with Crippen LogP contribution in [0.1, 0.15) is 27.2 Å². The largest absolute Gasteiger partial charge is 0.460 e. The molecule has 1 heterocycles. The van der Waals surface area contributed by atoms with Gasteiger partial charge < -0.3 is 14.2 Å². The van der Waals surface area contributed by atoms with Crippen molar-refractivity contribution in [3.8, 4) is 0 Å². The van der Waals surface area contributed by atoms with Crippen LogP contribution in [-0.2, 0) is 32.6 Å². The monoisotopic (exact) mass is 301 g/mol. The van der Waals surface area contributed by atoms with Crippen molar-refractivity contribution in [2.24, 2.45) is 7.05 Å². The summed E-state index contributed by atoms with van der Waals surface area (Å²) < 4.78 is 19.4. The molecule has 0 aliphatic rings. The number of hydrogen-bond acceptors (Lipinski definition) is 4. The van der Waals surface area contributed by atoms with E-state index in [1.54, 1.807) is 4.57 Å². The summed E-state index contributed by atoms with van der Waals surface area (Å²) in [5, 5.41) is 0. The molecular weight excluding hydrogens is 272 g/mol. The van der Waals surface area contributed by atoms with Gasteiger partial charge in [-0.1, -0.05) is 20.8 Å². The number of unbranched alkanes of at least 4 members (excludes halogenated alkanes) is 1. The molecule has 6 heteroatoms. The quantitative estimate of drug-likeness (QED) is 0.351. The van der Waals surface area contributed by atoms with Crippen molar-refractivity contribution in [3.63, 3.8) is 0 Å². The number of ether oxygens (including phenoxy) is 3. The maximum atomic E-state index is 11.5. The Hall–Kier alpha value is -1.40. The summed E-state index contributed by atoms with van der Waals surface area (Å²) in [6.45, 7) is 4.94. The third-order valence-corrected chi connectivity index (χ3v) is 2.64. The molecule has 0 saturated carbocycles. The van der Waals surface area contributed by atoms with Gasteiger partial charge in [0.05, 0.1) is 26.9 Å². The Morgan fingerprint density at radius 2 is 1.81 bits per heavy atom. The smallest absolute Gasteiger partial charge is 0.348 e. The number of carbonyl (C=O) groups excluding carboxylic acids is 1. The highest BCUT2D eigenvalue weighted by Crippen LogP contribution is 1.90. The van der Waals surface area contributed by atoms with E-state index in [1.807, 2.05) is 30.3 Å². The van der Waals surface area contributed by atoms with E-state index in [1.165, 1.54) is 0 Å². The minimum Gasteiger partial charge on any atom is -0.460 e. The number of nitrogens with zero attached hydrogens (tertiary/aromatic N) is 2. The molecule has 1 rings (SSSR count). The van der Waals surface area contributed by atoms with Crippen molar-refractivity contribution in [1.82, 2.24) is 4.57 Å². The van der Waals surface area contributed by atoms with Crippen molar-refractivity contribution in [1.29, 1.82) is 0 Å². The first kappa shape index (κ1) is 19.6. The van der Waals surface area contributed by atoms with Crippen LogP contribution in [0.4, 0.5) is 0 Å². The molecule has 122 valence electrons. The summed E-state index contributed by atoms with van der Waals surface area (Å²) in [5.74, 6) is -0.260. The molecule has 0 unspecified atom stereocenters. The molecule has 0 aliphatic heterocycles. The molecule has 0 bridgehead atoms. The highest BCUT2D eigenvalue weighted by atomic mass is 16.6.